The number of aryl methyl sites for hydroxylation is 3. The van der Waals surface area contributed by atoms with Crippen LogP contribution in [0.1, 0.15) is 16.7 Å². The number of nitrogens with one attached hydrogen (secondary N) is 1. The van der Waals surface area contributed by atoms with Gasteiger partial charge in [0.25, 0.3) is 0 Å². The fourth-order valence-electron chi connectivity index (χ4n) is 2.27. The van der Waals surface area contributed by atoms with Gasteiger partial charge in [0.05, 0.1) is 0 Å². The van der Waals surface area contributed by atoms with Crippen molar-refractivity contribution in [1.29, 1.82) is 5.26 Å². The summed E-state index contributed by atoms with van der Waals surface area (Å²) in [5.41, 5.74) is 7.42. The van der Waals surface area contributed by atoms with E-state index in [0.717, 1.165) is 5.69 Å². The molecule has 0 heterocycles. The highest BCUT2D eigenvalue weighted by molar-refractivity contribution is 5.73. The molecule has 2 heteroatoms. The van der Waals surface area contributed by atoms with Crippen molar-refractivity contribution in [3.8, 4) is 17.2 Å². The number of allylic oxidation sites excluding steroid dienone is 1. The molecule has 0 radical (unpaired) electrons. The average Bonchev–Trinajstić information content (AvgIpc) is 2.42. The van der Waals surface area contributed by atoms with Gasteiger partial charge >= 0.3 is 0 Å². The second-order valence-electron chi connectivity index (χ2n) is 5.06. The summed E-state index contributed by atoms with van der Waals surface area (Å²) >= 11 is 0. The van der Waals surface area contributed by atoms with Crippen molar-refractivity contribution in [3.63, 3.8) is 0 Å². The first-order valence-corrected chi connectivity index (χ1v) is 6.55. The van der Waals surface area contributed by atoms with E-state index in [-0.39, 0.29) is 0 Å². The van der Waals surface area contributed by atoms with Crippen LogP contribution in [0.4, 0.5) is 5.69 Å². The lowest BCUT2D eigenvalue weighted by Crippen LogP contribution is -1.96. The summed E-state index contributed by atoms with van der Waals surface area (Å²) in [5.74, 6) is 0. The van der Waals surface area contributed by atoms with Crippen molar-refractivity contribution < 1.29 is 0 Å². The third kappa shape index (κ3) is 2.89. The quantitative estimate of drug-likeness (QED) is 0.812. The Bertz CT molecular complexity index is 706. The van der Waals surface area contributed by atoms with E-state index in [1.807, 2.05) is 18.2 Å². The smallest absolute Gasteiger partial charge is 0.117 e. The molecule has 0 amide bonds. The van der Waals surface area contributed by atoms with E-state index in [1.54, 1.807) is 0 Å². The predicted molar refractivity (Wildman–Crippen MR) is 84.5 cm³/mol. The molecule has 100 valence electrons. The molecular weight excluding hydrogens is 244 g/mol. The first-order valence-electron chi connectivity index (χ1n) is 6.55. The number of hydrogen-bond donors (Lipinski definition) is 1. The van der Waals surface area contributed by atoms with Gasteiger partial charge in [-0.05, 0) is 55.2 Å². The van der Waals surface area contributed by atoms with E-state index >= 15 is 0 Å². The van der Waals surface area contributed by atoms with E-state index in [1.165, 1.54) is 27.8 Å². The molecule has 2 aromatic carbocycles. The highest BCUT2D eigenvalue weighted by atomic mass is 14.9. The van der Waals surface area contributed by atoms with Gasteiger partial charge < -0.3 is 5.32 Å². The number of nitriles is 1. The van der Waals surface area contributed by atoms with Crippen LogP contribution >= 0.6 is 0 Å². The molecule has 0 saturated carbocycles. The zero-order chi connectivity index (χ0) is 14.7. The number of benzene rings is 2. The summed E-state index contributed by atoms with van der Waals surface area (Å²) in [6, 6.07) is 14.6. The van der Waals surface area contributed by atoms with Crippen molar-refractivity contribution in [2.24, 2.45) is 0 Å². The molecule has 0 aliphatic heterocycles. The van der Waals surface area contributed by atoms with Crippen LogP contribution in [-0.4, -0.2) is 0 Å². The second-order valence-corrected chi connectivity index (χ2v) is 5.06. The van der Waals surface area contributed by atoms with Crippen molar-refractivity contribution in [3.05, 3.63) is 65.4 Å². The van der Waals surface area contributed by atoms with Crippen molar-refractivity contribution in [1.82, 2.24) is 0 Å². The zero-order valence-corrected chi connectivity index (χ0v) is 12.1. The van der Waals surface area contributed by atoms with Gasteiger partial charge in [-0.15, -0.1) is 0 Å². The standard InChI is InChI=1S/C18H18N2/c1-12-5-6-13(2)18(9-12)17-8-7-16(10-14(17)3)20-15(4)11-19/h5-10,20H,4H2,1-3H3. The maximum atomic E-state index is 8.75. The highest BCUT2D eigenvalue weighted by Gasteiger charge is 2.06. The first-order chi connectivity index (χ1) is 9.51. The number of nitrogens with zero attached hydrogens (tertiary/aromatic N) is 1. The molecular formula is C18H18N2. The van der Waals surface area contributed by atoms with Crippen LogP contribution in [0.15, 0.2) is 48.7 Å². The van der Waals surface area contributed by atoms with Crippen LogP contribution in [0.25, 0.3) is 11.1 Å². The van der Waals surface area contributed by atoms with E-state index in [0.29, 0.717) is 5.70 Å². The van der Waals surface area contributed by atoms with Gasteiger partial charge in [0, 0.05) is 5.69 Å². The zero-order valence-electron chi connectivity index (χ0n) is 12.1. The SMILES string of the molecule is C=C(C#N)Nc1ccc(-c2cc(C)ccc2C)c(C)c1. The second kappa shape index (κ2) is 5.63. The monoisotopic (exact) mass is 262 g/mol. The van der Waals surface area contributed by atoms with Crippen LogP contribution in [0.5, 0.6) is 0 Å². The average molecular weight is 262 g/mol. The molecule has 0 aliphatic carbocycles. The Balaban J connectivity index is 2.42. The molecule has 0 aliphatic rings. The fraction of sp³-hybridized carbons (Fsp3) is 0.167. The van der Waals surface area contributed by atoms with Crippen LogP contribution < -0.4 is 5.32 Å². The summed E-state index contributed by atoms with van der Waals surface area (Å²) in [6.07, 6.45) is 0. The molecule has 0 aromatic heterocycles. The van der Waals surface area contributed by atoms with Crippen molar-refractivity contribution in [2.45, 2.75) is 20.8 Å². The Morgan fingerprint density at radius 3 is 2.40 bits per heavy atom. The van der Waals surface area contributed by atoms with E-state index in [2.05, 4.69) is 56.9 Å². The lowest BCUT2D eigenvalue weighted by Gasteiger charge is -2.12. The predicted octanol–water partition coefficient (Wildman–Crippen LogP) is 4.73. The van der Waals surface area contributed by atoms with Crippen LogP contribution in [-0.2, 0) is 0 Å². The summed E-state index contributed by atoms with van der Waals surface area (Å²) in [6.45, 7) is 9.94. The minimum atomic E-state index is 0.351. The molecule has 2 nitrogen and oxygen atoms in total. The molecule has 0 bridgehead atoms. The maximum absolute atomic E-state index is 8.75. The minimum absolute atomic E-state index is 0.351. The summed E-state index contributed by atoms with van der Waals surface area (Å²) in [5, 5.41) is 11.7. The molecule has 2 rings (SSSR count). The fourth-order valence-corrected chi connectivity index (χ4v) is 2.27. The van der Waals surface area contributed by atoms with Crippen molar-refractivity contribution >= 4 is 5.69 Å². The molecule has 0 atom stereocenters. The number of anilines is 1. The lowest BCUT2D eigenvalue weighted by molar-refractivity contribution is 1.36. The van der Waals surface area contributed by atoms with Gasteiger partial charge in [0.2, 0.25) is 0 Å². The maximum Gasteiger partial charge on any atom is 0.117 e. The van der Waals surface area contributed by atoms with E-state index in [4.69, 9.17) is 5.26 Å². The Hall–Kier alpha value is -2.53. The lowest BCUT2D eigenvalue weighted by atomic mass is 9.95. The largest absolute Gasteiger partial charge is 0.347 e. The van der Waals surface area contributed by atoms with Gasteiger partial charge in [-0.2, -0.15) is 5.26 Å². The summed E-state index contributed by atoms with van der Waals surface area (Å²) < 4.78 is 0. The molecule has 1 N–H and O–H groups in total. The third-order valence-corrected chi connectivity index (χ3v) is 3.34. The summed E-state index contributed by atoms with van der Waals surface area (Å²) in [4.78, 5) is 0. The number of hydrogen-bond acceptors (Lipinski definition) is 2. The van der Waals surface area contributed by atoms with E-state index in [9.17, 15) is 0 Å². The van der Waals surface area contributed by atoms with Gasteiger partial charge in [-0.1, -0.05) is 36.4 Å². The topological polar surface area (TPSA) is 35.8 Å². The van der Waals surface area contributed by atoms with Gasteiger partial charge in [0.1, 0.15) is 11.8 Å². The molecule has 0 spiro atoms. The van der Waals surface area contributed by atoms with Gasteiger partial charge in [0.15, 0.2) is 0 Å². The normalized spacial score (nSPS) is 9.90. The molecule has 20 heavy (non-hydrogen) atoms. The Morgan fingerprint density at radius 2 is 1.75 bits per heavy atom. The Morgan fingerprint density at radius 1 is 1.00 bits per heavy atom. The van der Waals surface area contributed by atoms with Crippen molar-refractivity contribution in [2.75, 3.05) is 5.32 Å². The van der Waals surface area contributed by atoms with Crippen LogP contribution in [0.3, 0.4) is 0 Å². The van der Waals surface area contributed by atoms with Crippen LogP contribution in [0.2, 0.25) is 0 Å². The Kier molecular flexibility index (Phi) is 3.91. The Labute approximate surface area is 120 Å². The van der Waals surface area contributed by atoms with Gasteiger partial charge in [-0.25, -0.2) is 0 Å². The molecule has 0 fully saturated rings. The van der Waals surface area contributed by atoms with Crippen LogP contribution in [0, 0.1) is 32.1 Å². The third-order valence-electron chi connectivity index (χ3n) is 3.34. The van der Waals surface area contributed by atoms with E-state index < -0.39 is 0 Å². The molecule has 0 saturated heterocycles. The molecule has 2 aromatic rings. The molecule has 0 unspecified atom stereocenters. The number of rotatable bonds is 3. The minimum Gasteiger partial charge on any atom is -0.347 e. The first kappa shape index (κ1) is 13.9. The highest BCUT2D eigenvalue weighted by Crippen LogP contribution is 2.29. The summed E-state index contributed by atoms with van der Waals surface area (Å²) in [7, 11) is 0. The van der Waals surface area contributed by atoms with Gasteiger partial charge in [-0.3, -0.25) is 0 Å².